The van der Waals surface area contributed by atoms with Crippen LogP contribution in [-0.4, -0.2) is 19.3 Å². The van der Waals surface area contributed by atoms with Gasteiger partial charge in [-0.25, -0.2) is 4.98 Å². The maximum atomic E-state index is 12.0. The summed E-state index contributed by atoms with van der Waals surface area (Å²) in [5, 5.41) is 4.31. The predicted molar refractivity (Wildman–Crippen MR) is 68.0 cm³/mol. The summed E-state index contributed by atoms with van der Waals surface area (Å²) in [6.45, 7) is 4.21. The van der Waals surface area contributed by atoms with Crippen molar-refractivity contribution >= 4 is 15.9 Å². The number of nitrogens with zero attached hydrogens (tertiary/aromatic N) is 4. The van der Waals surface area contributed by atoms with Crippen molar-refractivity contribution in [3.05, 3.63) is 44.3 Å². The minimum Gasteiger partial charge on any atom is -0.292 e. The molecule has 17 heavy (non-hydrogen) atoms. The fraction of sp³-hybridized carbons (Fsp3) is 0.364. The van der Waals surface area contributed by atoms with E-state index < -0.39 is 0 Å². The van der Waals surface area contributed by atoms with Gasteiger partial charge in [-0.15, -0.1) is 0 Å². The maximum Gasteiger partial charge on any atom is 0.268 e. The first kappa shape index (κ1) is 12.0. The second-order valence-corrected chi connectivity index (χ2v) is 4.80. The quantitative estimate of drug-likeness (QED) is 0.842. The van der Waals surface area contributed by atoms with Gasteiger partial charge in [-0.3, -0.25) is 14.0 Å². The van der Waals surface area contributed by atoms with Gasteiger partial charge in [0.05, 0.1) is 24.3 Å². The van der Waals surface area contributed by atoms with Gasteiger partial charge in [0.15, 0.2) is 0 Å². The molecule has 0 aliphatic rings. The van der Waals surface area contributed by atoms with E-state index in [2.05, 4.69) is 26.0 Å². The Bertz CT molecular complexity index is 614. The normalized spacial score (nSPS) is 10.8. The van der Waals surface area contributed by atoms with Gasteiger partial charge in [0.1, 0.15) is 4.47 Å². The molecular formula is C11H13BrN4O. The van der Waals surface area contributed by atoms with Crippen LogP contribution in [0.1, 0.15) is 17.0 Å². The third-order valence-corrected chi connectivity index (χ3v) is 3.50. The van der Waals surface area contributed by atoms with Crippen molar-refractivity contribution in [2.75, 3.05) is 0 Å². The van der Waals surface area contributed by atoms with Gasteiger partial charge >= 0.3 is 0 Å². The molecule has 0 bridgehead atoms. The molecule has 0 radical (unpaired) electrons. The first-order valence-corrected chi connectivity index (χ1v) is 5.99. The highest BCUT2D eigenvalue weighted by atomic mass is 79.9. The van der Waals surface area contributed by atoms with E-state index in [1.54, 1.807) is 22.5 Å². The van der Waals surface area contributed by atoms with Crippen LogP contribution in [0.3, 0.4) is 0 Å². The summed E-state index contributed by atoms with van der Waals surface area (Å²) in [7, 11) is 1.86. The lowest BCUT2D eigenvalue weighted by Crippen LogP contribution is -2.23. The number of aromatic nitrogens is 4. The van der Waals surface area contributed by atoms with E-state index in [1.165, 1.54) is 0 Å². The molecule has 0 atom stereocenters. The molecule has 2 aromatic heterocycles. The van der Waals surface area contributed by atoms with E-state index in [9.17, 15) is 4.79 Å². The smallest absolute Gasteiger partial charge is 0.268 e. The molecule has 90 valence electrons. The lowest BCUT2D eigenvalue weighted by molar-refractivity contribution is 0.674. The van der Waals surface area contributed by atoms with E-state index in [-0.39, 0.29) is 5.56 Å². The molecule has 0 amide bonds. The topological polar surface area (TPSA) is 52.7 Å². The van der Waals surface area contributed by atoms with Gasteiger partial charge in [-0.05, 0) is 35.3 Å². The molecule has 5 nitrogen and oxygen atoms in total. The fourth-order valence-corrected chi connectivity index (χ4v) is 1.96. The molecule has 6 heteroatoms. The van der Waals surface area contributed by atoms with Gasteiger partial charge in [0.2, 0.25) is 0 Å². The summed E-state index contributed by atoms with van der Waals surface area (Å²) in [6, 6.07) is 0. The Hall–Kier alpha value is -1.43. The van der Waals surface area contributed by atoms with Crippen molar-refractivity contribution in [2.45, 2.75) is 20.4 Å². The molecule has 0 saturated heterocycles. The standard InChI is InChI=1S/C11H13BrN4O/c1-7-4-15(3)14-9(7)5-16-6-13-8(2)10(12)11(16)17/h4,6H,5H2,1-3H3. The second-order valence-electron chi connectivity index (χ2n) is 4.01. The lowest BCUT2D eigenvalue weighted by Gasteiger charge is -2.05. The van der Waals surface area contributed by atoms with E-state index in [4.69, 9.17) is 0 Å². The van der Waals surface area contributed by atoms with Gasteiger partial charge in [0.25, 0.3) is 5.56 Å². The number of aryl methyl sites for hydroxylation is 3. The third kappa shape index (κ3) is 2.31. The molecular weight excluding hydrogens is 284 g/mol. The highest BCUT2D eigenvalue weighted by molar-refractivity contribution is 9.10. The van der Waals surface area contributed by atoms with Crippen molar-refractivity contribution < 1.29 is 0 Å². The number of hydrogen-bond acceptors (Lipinski definition) is 3. The first-order valence-electron chi connectivity index (χ1n) is 5.19. The lowest BCUT2D eigenvalue weighted by atomic mass is 10.3. The average Bonchev–Trinajstić information content (AvgIpc) is 2.58. The zero-order chi connectivity index (χ0) is 12.6. The van der Waals surface area contributed by atoms with E-state index in [0.717, 1.165) is 11.3 Å². The minimum atomic E-state index is -0.0810. The van der Waals surface area contributed by atoms with E-state index in [0.29, 0.717) is 16.7 Å². The maximum absolute atomic E-state index is 12.0. The van der Waals surface area contributed by atoms with Crippen LogP contribution < -0.4 is 5.56 Å². The largest absolute Gasteiger partial charge is 0.292 e. The Kier molecular flexibility index (Phi) is 3.15. The van der Waals surface area contributed by atoms with E-state index >= 15 is 0 Å². The van der Waals surface area contributed by atoms with Crippen molar-refractivity contribution in [3.8, 4) is 0 Å². The van der Waals surface area contributed by atoms with Crippen molar-refractivity contribution in [1.82, 2.24) is 19.3 Å². The molecule has 0 fully saturated rings. The van der Waals surface area contributed by atoms with Crippen LogP contribution >= 0.6 is 15.9 Å². The Balaban J connectivity index is 2.41. The minimum absolute atomic E-state index is 0.0810. The molecule has 0 aliphatic heterocycles. The fourth-order valence-electron chi connectivity index (χ4n) is 1.63. The summed E-state index contributed by atoms with van der Waals surface area (Å²) in [5.41, 5.74) is 2.56. The number of halogens is 1. The van der Waals surface area contributed by atoms with Gasteiger partial charge in [-0.1, -0.05) is 0 Å². The van der Waals surface area contributed by atoms with Gasteiger partial charge in [-0.2, -0.15) is 5.10 Å². The number of rotatable bonds is 2. The monoisotopic (exact) mass is 296 g/mol. The van der Waals surface area contributed by atoms with Crippen LogP contribution in [0.4, 0.5) is 0 Å². The molecule has 2 heterocycles. The second kappa shape index (κ2) is 4.44. The Morgan fingerprint density at radius 2 is 2.12 bits per heavy atom. The Morgan fingerprint density at radius 3 is 2.71 bits per heavy atom. The summed E-state index contributed by atoms with van der Waals surface area (Å²) >= 11 is 3.25. The van der Waals surface area contributed by atoms with Crippen molar-refractivity contribution in [2.24, 2.45) is 7.05 Å². The average molecular weight is 297 g/mol. The molecule has 0 N–H and O–H groups in total. The van der Waals surface area contributed by atoms with Crippen LogP contribution in [0, 0.1) is 13.8 Å². The van der Waals surface area contributed by atoms with Gasteiger partial charge in [0, 0.05) is 13.2 Å². The summed E-state index contributed by atoms with van der Waals surface area (Å²) < 4.78 is 3.80. The molecule has 0 aromatic carbocycles. The zero-order valence-corrected chi connectivity index (χ0v) is 11.5. The van der Waals surface area contributed by atoms with Crippen LogP contribution in [-0.2, 0) is 13.6 Å². The van der Waals surface area contributed by atoms with Crippen molar-refractivity contribution in [3.63, 3.8) is 0 Å². The van der Waals surface area contributed by atoms with Crippen LogP contribution in [0.2, 0.25) is 0 Å². The zero-order valence-electron chi connectivity index (χ0n) is 9.94. The summed E-state index contributed by atoms with van der Waals surface area (Å²) in [5.74, 6) is 0. The Labute approximate surface area is 107 Å². The molecule has 0 spiro atoms. The van der Waals surface area contributed by atoms with Crippen LogP contribution in [0.15, 0.2) is 21.8 Å². The molecule has 0 aliphatic carbocycles. The number of hydrogen-bond donors (Lipinski definition) is 0. The summed E-state index contributed by atoms with van der Waals surface area (Å²) in [6.07, 6.45) is 3.48. The molecule has 0 unspecified atom stereocenters. The van der Waals surface area contributed by atoms with Gasteiger partial charge < -0.3 is 0 Å². The SMILES string of the molecule is Cc1cn(C)nc1Cn1cnc(C)c(Br)c1=O. The Morgan fingerprint density at radius 1 is 1.41 bits per heavy atom. The summed E-state index contributed by atoms with van der Waals surface area (Å²) in [4.78, 5) is 16.1. The van der Waals surface area contributed by atoms with Crippen molar-refractivity contribution in [1.29, 1.82) is 0 Å². The molecule has 2 aromatic rings. The van der Waals surface area contributed by atoms with E-state index in [1.807, 2.05) is 20.2 Å². The molecule has 0 saturated carbocycles. The molecule has 2 rings (SSSR count). The highest BCUT2D eigenvalue weighted by Crippen LogP contribution is 2.09. The third-order valence-electron chi connectivity index (χ3n) is 2.59. The first-order chi connectivity index (χ1) is 7.99. The highest BCUT2D eigenvalue weighted by Gasteiger charge is 2.09. The van der Waals surface area contributed by atoms with Crippen LogP contribution in [0.5, 0.6) is 0 Å². The van der Waals surface area contributed by atoms with Crippen LogP contribution in [0.25, 0.3) is 0 Å². The predicted octanol–water partition coefficient (Wildman–Crippen LogP) is 1.40.